The average molecular weight is 398 g/mol. The van der Waals surface area contributed by atoms with Gasteiger partial charge in [0.15, 0.2) is 5.96 Å². The van der Waals surface area contributed by atoms with Crippen molar-refractivity contribution < 1.29 is 4.42 Å². The second-order valence-electron chi connectivity index (χ2n) is 7.99. The van der Waals surface area contributed by atoms with Crippen molar-refractivity contribution in [1.82, 2.24) is 20.4 Å². The standard InChI is InChI=1S/C23H35N5O/c1-24-23(25-16-19-9-11-20(12-10-19)18-27(2)3)26-17-21(22-8-7-15-29-22)28-13-5-4-6-14-28/h7-12,15,21H,4-6,13-14,16-18H2,1-3H3,(H2,24,25,26). The van der Waals surface area contributed by atoms with Gasteiger partial charge in [0.2, 0.25) is 0 Å². The quantitative estimate of drug-likeness (QED) is 0.529. The molecule has 6 heteroatoms. The normalized spacial score (nSPS) is 16.8. The molecule has 6 nitrogen and oxygen atoms in total. The van der Waals surface area contributed by atoms with E-state index in [1.807, 2.05) is 13.1 Å². The van der Waals surface area contributed by atoms with Crippen LogP contribution >= 0.6 is 0 Å². The van der Waals surface area contributed by atoms with Crippen LogP contribution in [0.15, 0.2) is 52.1 Å². The van der Waals surface area contributed by atoms with Crippen LogP contribution in [0.5, 0.6) is 0 Å². The zero-order chi connectivity index (χ0) is 20.5. The van der Waals surface area contributed by atoms with E-state index in [9.17, 15) is 0 Å². The molecule has 0 radical (unpaired) electrons. The van der Waals surface area contributed by atoms with E-state index in [2.05, 4.69) is 69.9 Å². The third-order valence-corrected chi connectivity index (χ3v) is 5.37. The minimum absolute atomic E-state index is 0.231. The first kappa shape index (κ1) is 21.4. The molecule has 1 saturated heterocycles. The molecule has 1 aromatic heterocycles. The Hall–Kier alpha value is -2.31. The molecular weight excluding hydrogens is 362 g/mol. The molecule has 158 valence electrons. The van der Waals surface area contributed by atoms with Crippen molar-refractivity contribution in [2.24, 2.45) is 4.99 Å². The first-order valence-corrected chi connectivity index (χ1v) is 10.6. The molecule has 2 heterocycles. The molecule has 3 rings (SSSR count). The van der Waals surface area contributed by atoms with Crippen molar-refractivity contribution in [3.8, 4) is 0 Å². The van der Waals surface area contributed by atoms with Gasteiger partial charge in [0.05, 0.1) is 12.3 Å². The number of hydrogen-bond acceptors (Lipinski definition) is 4. The van der Waals surface area contributed by atoms with Crippen LogP contribution in [0.2, 0.25) is 0 Å². The number of guanidine groups is 1. The molecule has 2 aromatic rings. The van der Waals surface area contributed by atoms with Crippen LogP contribution in [0.1, 0.15) is 42.2 Å². The van der Waals surface area contributed by atoms with Gasteiger partial charge >= 0.3 is 0 Å². The highest BCUT2D eigenvalue weighted by Gasteiger charge is 2.24. The number of piperidine rings is 1. The minimum Gasteiger partial charge on any atom is -0.468 e. The van der Waals surface area contributed by atoms with Gasteiger partial charge in [-0.25, -0.2) is 0 Å². The molecule has 2 N–H and O–H groups in total. The maximum absolute atomic E-state index is 5.74. The Balaban J connectivity index is 1.53. The van der Waals surface area contributed by atoms with E-state index in [1.165, 1.54) is 30.4 Å². The van der Waals surface area contributed by atoms with Gasteiger partial charge in [-0.05, 0) is 63.3 Å². The summed E-state index contributed by atoms with van der Waals surface area (Å²) in [6.45, 7) is 4.73. The number of nitrogens with one attached hydrogen (secondary N) is 2. The van der Waals surface area contributed by atoms with Crippen molar-refractivity contribution in [3.05, 3.63) is 59.5 Å². The van der Waals surface area contributed by atoms with Crippen molar-refractivity contribution in [2.45, 2.75) is 38.4 Å². The predicted molar refractivity (Wildman–Crippen MR) is 119 cm³/mol. The number of aliphatic imine (C=N–C) groups is 1. The number of likely N-dealkylation sites (tertiary alicyclic amines) is 1. The monoisotopic (exact) mass is 397 g/mol. The van der Waals surface area contributed by atoms with Gasteiger partial charge in [0, 0.05) is 26.7 Å². The Morgan fingerprint density at radius 2 is 1.79 bits per heavy atom. The number of benzene rings is 1. The average Bonchev–Trinajstić information content (AvgIpc) is 3.26. The second-order valence-corrected chi connectivity index (χ2v) is 7.99. The molecular formula is C23H35N5O. The highest BCUT2D eigenvalue weighted by molar-refractivity contribution is 5.79. The zero-order valence-electron chi connectivity index (χ0n) is 18.0. The van der Waals surface area contributed by atoms with Crippen LogP contribution in [-0.2, 0) is 13.1 Å². The first-order valence-electron chi connectivity index (χ1n) is 10.6. The molecule has 0 aliphatic carbocycles. The maximum atomic E-state index is 5.74. The summed E-state index contributed by atoms with van der Waals surface area (Å²) in [5.41, 5.74) is 2.57. The van der Waals surface area contributed by atoms with E-state index in [-0.39, 0.29) is 6.04 Å². The molecule has 1 aliphatic rings. The van der Waals surface area contributed by atoms with Crippen LogP contribution in [0.4, 0.5) is 0 Å². The molecule has 1 aliphatic heterocycles. The van der Waals surface area contributed by atoms with Gasteiger partial charge in [-0.1, -0.05) is 30.7 Å². The molecule has 0 saturated carbocycles. The molecule has 0 spiro atoms. The lowest BCUT2D eigenvalue weighted by Gasteiger charge is -2.33. The summed E-state index contributed by atoms with van der Waals surface area (Å²) in [5.74, 6) is 1.84. The van der Waals surface area contributed by atoms with Crippen LogP contribution in [0, 0.1) is 0 Å². The molecule has 1 unspecified atom stereocenters. The Morgan fingerprint density at radius 3 is 2.41 bits per heavy atom. The fraction of sp³-hybridized carbons (Fsp3) is 0.522. The van der Waals surface area contributed by atoms with Crippen LogP contribution in [0.25, 0.3) is 0 Å². The lowest BCUT2D eigenvalue weighted by Crippen LogP contribution is -2.44. The number of furan rings is 1. The highest BCUT2D eigenvalue weighted by Crippen LogP contribution is 2.24. The fourth-order valence-electron chi connectivity index (χ4n) is 3.85. The minimum atomic E-state index is 0.231. The van der Waals surface area contributed by atoms with E-state index in [0.29, 0.717) is 0 Å². The molecule has 1 atom stereocenters. The van der Waals surface area contributed by atoms with E-state index < -0.39 is 0 Å². The van der Waals surface area contributed by atoms with Gasteiger partial charge in [0.25, 0.3) is 0 Å². The summed E-state index contributed by atoms with van der Waals surface area (Å²) in [6.07, 6.45) is 5.60. The second kappa shape index (κ2) is 11.0. The summed E-state index contributed by atoms with van der Waals surface area (Å²) in [6, 6.07) is 13.0. The summed E-state index contributed by atoms with van der Waals surface area (Å²) in [4.78, 5) is 9.09. The third-order valence-electron chi connectivity index (χ3n) is 5.37. The zero-order valence-corrected chi connectivity index (χ0v) is 18.0. The summed E-state index contributed by atoms with van der Waals surface area (Å²) < 4.78 is 5.74. The first-order chi connectivity index (χ1) is 14.2. The molecule has 29 heavy (non-hydrogen) atoms. The van der Waals surface area contributed by atoms with Crippen molar-refractivity contribution in [3.63, 3.8) is 0 Å². The molecule has 1 aromatic carbocycles. The van der Waals surface area contributed by atoms with Crippen LogP contribution < -0.4 is 10.6 Å². The fourth-order valence-corrected chi connectivity index (χ4v) is 3.85. The van der Waals surface area contributed by atoms with Crippen molar-refractivity contribution >= 4 is 5.96 Å². The molecule has 0 amide bonds. The number of rotatable bonds is 8. The van der Waals surface area contributed by atoms with Gasteiger partial charge in [0.1, 0.15) is 5.76 Å². The Kier molecular flexibility index (Phi) is 8.14. The smallest absolute Gasteiger partial charge is 0.191 e. The molecule has 0 bridgehead atoms. The largest absolute Gasteiger partial charge is 0.468 e. The lowest BCUT2D eigenvalue weighted by atomic mass is 10.1. The topological polar surface area (TPSA) is 56.0 Å². The Bertz CT molecular complexity index is 733. The lowest BCUT2D eigenvalue weighted by molar-refractivity contribution is 0.146. The van der Waals surface area contributed by atoms with E-state index >= 15 is 0 Å². The van der Waals surface area contributed by atoms with E-state index in [1.54, 1.807) is 6.26 Å². The van der Waals surface area contributed by atoms with Gasteiger partial charge in [-0.15, -0.1) is 0 Å². The number of hydrogen-bond donors (Lipinski definition) is 2. The molecule has 1 fully saturated rings. The van der Waals surface area contributed by atoms with E-state index in [0.717, 1.165) is 44.4 Å². The van der Waals surface area contributed by atoms with Crippen molar-refractivity contribution in [2.75, 3.05) is 40.8 Å². The van der Waals surface area contributed by atoms with Gasteiger partial charge in [-0.2, -0.15) is 0 Å². The van der Waals surface area contributed by atoms with Crippen LogP contribution in [0.3, 0.4) is 0 Å². The third kappa shape index (κ3) is 6.61. The van der Waals surface area contributed by atoms with Crippen molar-refractivity contribution in [1.29, 1.82) is 0 Å². The van der Waals surface area contributed by atoms with Gasteiger partial charge < -0.3 is 20.0 Å². The summed E-state index contributed by atoms with van der Waals surface area (Å²) in [7, 11) is 5.99. The maximum Gasteiger partial charge on any atom is 0.191 e. The summed E-state index contributed by atoms with van der Waals surface area (Å²) >= 11 is 0. The van der Waals surface area contributed by atoms with Crippen LogP contribution in [-0.4, -0.2) is 56.5 Å². The van der Waals surface area contributed by atoms with Gasteiger partial charge in [-0.3, -0.25) is 9.89 Å². The Labute approximate surface area is 175 Å². The Morgan fingerprint density at radius 1 is 1.07 bits per heavy atom. The summed E-state index contributed by atoms with van der Waals surface area (Å²) in [5, 5.41) is 6.92. The predicted octanol–water partition coefficient (Wildman–Crippen LogP) is 3.23. The van der Waals surface area contributed by atoms with E-state index in [4.69, 9.17) is 4.42 Å². The SMILES string of the molecule is CN=C(NCc1ccc(CN(C)C)cc1)NCC(c1ccco1)N1CCCCC1. The highest BCUT2D eigenvalue weighted by atomic mass is 16.3. The number of nitrogens with zero attached hydrogens (tertiary/aromatic N) is 3.